The summed E-state index contributed by atoms with van der Waals surface area (Å²) >= 11 is 4.72. The molecule has 1 aliphatic carbocycles. The van der Waals surface area contributed by atoms with Crippen LogP contribution in [0.15, 0.2) is 71.3 Å². The Hall–Kier alpha value is -2.84. The molecule has 1 amide bonds. The number of carbonyl (C=O) groups is 2. The maximum absolute atomic E-state index is 12.4. The van der Waals surface area contributed by atoms with Crippen molar-refractivity contribution in [1.29, 1.82) is 0 Å². The van der Waals surface area contributed by atoms with Gasteiger partial charge in [-0.1, -0.05) is 48.5 Å². The standard InChI is InChI=1S/C24H21BrN2O4S/c25-15-9-10-16(26-11-15)13-32-14-22(23(28)29)27-24(30)31-12-21-19-7-3-1-5-17(19)18-6-2-4-8-20(18)21/h1-11,21-22H,12-14H2,(H,27,30)(H,28,29). The lowest BCUT2D eigenvalue weighted by atomic mass is 9.98. The van der Waals surface area contributed by atoms with Crippen LogP contribution in [0.2, 0.25) is 0 Å². The minimum Gasteiger partial charge on any atom is -0.480 e. The fraction of sp³-hybridized carbons (Fsp3) is 0.208. The zero-order valence-electron chi connectivity index (χ0n) is 17.0. The summed E-state index contributed by atoms with van der Waals surface area (Å²) in [5.74, 6) is -0.426. The third-order valence-corrected chi connectivity index (χ3v) is 6.79. The summed E-state index contributed by atoms with van der Waals surface area (Å²) in [6.45, 7) is 0.141. The summed E-state index contributed by atoms with van der Waals surface area (Å²) in [5.41, 5.74) is 5.32. The second-order valence-corrected chi connectivity index (χ2v) is 9.29. The Labute approximate surface area is 198 Å². The number of aromatic nitrogens is 1. The normalized spacial score (nSPS) is 13.2. The highest BCUT2D eigenvalue weighted by Crippen LogP contribution is 2.44. The molecule has 1 heterocycles. The summed E-state index contributed by atoms with van der Waals surface area (Å²) in [4.78, 5) is 28.3. The van der Waals surface area contributed by atoms with E-state index >= 15 is 0 Å². The van der Waals surface area contributed by atoms with Gasteiger partial charge in [0.1, 0.15) is 12.6 Å². The third-order valence-electron chi connectivity index (χ3n) is 5.26. The van der Waals surface area contributed by atoms with Crippen LogP contribution in [0, 0.1) is 0 Å². The summed E-state index contributed by atoms with van der Waals surface area (Å²) in [5, 5.41) is 12.0. The van der Waals surface area contributed by atoms with E-state index in [0.29, 0.717) is 5.75 Å². The highest BCUT2D eigenvalue weighted by atomic mass is 79.9. The number of aliphatic carboxylic acids is 1. The van der Waals surface area contributed by atoms with Gasteiger partial charge in [-0.05, 0) is 50.3 Å². The minimum absolute atomic E-state index is 0.0747. The number of carboxylic acid groups (broad SMARTS) is 1. The molecule has 4 rings (SSSR count). The lowest BCUT2D eigenvalue weighted by molar-refractivity contribution is -0.138. The van der Waals surface area contributed by atoms with Crippen LogP contribution in [0.25, 0.3) is 11.1 Å². The predicted octanol–water partition coefficient (Wildman–Crippen LogP) is 5.07. The summed E-state index contributed by atoms with van der Waals surface area (Å²) in [6.07, 6.45) is 0.959. The number of hydrogen-bond donors (Lipinski definition) is 2. The van der Waals surface area contributed by atoms with Gasteiger partial charge in [0.2, 0.25) is 0 Å². The van der Waals surface area contributed by atoms with E-state index in [0.717, 1.165) is 32.4 Å². The predicted molar refractivity (Wildman–Crippen MR) is 128 cm³/mol. The molecule has 0 fully saturated rings. The number of benzene rings is 2. The molecule has 164 valence electrons. The first-order valence-corrected chi connectivity index (χ1v) is 12.0. The van der Waals surface area contributed by atoms with Gasteiger partial charge in [0.05, 0.1) is 5.69 Å². The molecule has 0 saturated carbocycles. The van der Waals surface area contributed by atoms with Gasteiger partial charge in [0.25, 0.3) is 0 Å². The zero-order chi connectivity index (χ0) is 22.5. The molecule has 1 unspecified atom stereocenters. The van der Waals surface area contributed by atoms with Crippen molar-refractivity contribution in [3.63, 3.8) is 0 Å². The van der Waals surface area contributed by atoms with E-state index < -0.39 is 18.1 Å². The number of thioether (sulfide) groups is 1. The van der Waals surface area contributed by atoms with E-state index in [1.165, 1.54) is 11.8 Å². The van der Waals surface area contributed by atoms with E-state index in [4.69, 9.17) is 4.74 Å². The van der Waals surface area contributed by atoms with Crippen molar-refractivity contribution in [3.05, 3.63) is 88.2 Å². The number of pyridine rings is 1. The number of hydrogen-bond acceptors (Lipinski definition) is 5. The number of ether oxygens (including phenoxy) is 1. The Bertz CT molecular complexity index is 1080. The number of halogens is 1. The number of carbonyl (C=O) groups excluding carboxylic acids is 1. The van der Waals surface area contributed by atoms with E-state index in [1.54, 1.807) is 6.20 Å². The Morgan fingerprint density at radius 3 is 2.31 bits per heavy atom. The molecule has 8 heteroatoms. The molecule has 1 aliphatic rings. The van der Waals surface area contributed by atoms with Crippen molar-refractivity contribution < 1.29 is 19.4 Å². The number of rotatable bonds is 8. The second kappa shape index (κ2) is 10.2. The number of amides is 1. The molecule has 1 aromatic heterocycles. The second-order valence-electron chi connectivity index (χ2n) is 7.34. The first-order valence-electron chi connectivity index (χ1n) is 10.1. The van der Waals surface area contributed by atoms with Crippen molar-refractivity contribution in [2.45, 2.75) is 17.7 Å². The number of carboxylic acids is 1. The van der Waals surface area contributed by atoms with Gasteiger partial charge in [0.15, 0.2) is 0 Å². The number of alkyl carbamates (subject to hydrolysis) is 1. The van der Waals surface area contributed by atoms with Crippen molar-refractivity contribution in [1.82, 2.24) is 10.3 Å². The first kappa shape index (κ1) is 22.4. The molecule has 6 nitrogen and oxygen atoms in total. The van der Waals surface area contributed by atoms with Crippen LogP contribution in [0.4, 0.5) is 4.79 Å². The zero-order valence-corrected chi connectivity index (χ0v) is 19.4. The first-order chi connectivity index (χ1) is 15.5. The molecule has 3 aromatic rings. The highest BCUT2D eigenvalue weighted by molar-refractivity contribution is 9.10. The Morgan fingerprint density at radius 1 is 1.06 bits per heavy atom. The number of nitrogens with zero attached hydrogens (tertiary/aromatic N) is 1. The Kier molecular flexibility index (Phi) is 7.12. The molecular formula is C24H21BrN2O4S. The van der Waals surface area contributed by atoms with Crippen LogP contribution in [-0.2, 0) is 15.3 Å². The monoisotopic (exact) mass is 512 g/mol. The Morgan fingerprint density at radius 2 is 1.72 bits per heavy atom. The largest absolute Gasteiger partial charge is 0.480 e. The van der Waals surface area contributed by atoms with Gasteiger partial charge in [-0.3, -0.25) is 4.98 Å². The molecule has 0 saturated heterocycles. The van der Waals surface area contributed by atoms with Crippen LogP contribution >= 0.6 is 27.7 Å². The van der Waals surface area contributed by atoms with E-state index in [9.17, 15) is 14.7 Å². The molecular weight excluding hydrogens is 492 g/mol. The molecule has 32 heavy (non-hydrogen) atoms. The molecule has 0 bridgehead atoms. The lowest BCUT2D eigenvalue weighted by Gasteiger charge is -2.17. The minimum atomic E-state index is -1.10. The molecule has 0 aliphatic heterocycles. The van der Waals surface area contributed by atoms with Gasteiger partial charge < -0.3 is 15.2 Å². The SMILES string of the molecule is O=C(NC(CSCc1ccc(Br)cn1)C(=O)O)OCC1c2ccccc2-c2ccccc21. The quantitative estimate of drug-likeness (QED) is 0.438. The molecule has 1 atom stereocenters. The van der Waals surface area contributed by atoms with Gasteiger partial charge in [0, 0.05) is 28.1 Å². The average Bonchev–Trinajstić information content (AvgIpc) is 3.12. The number of fused-ring (bicyclic) bond motifs is 3. The van der Waals surface area contributed by atoms with Crippen LogP contribution in [-0.4, -0.2) is 40.6 Å². The van der Waals surface area contributed by atoms with Crippen molar-refractivity contribution in [3.8, 4) is 11.1 Å². The van der Waals surface area contributed by atoms with Gasteiger partial charge in [-0.25, -0.2) is 9.59 Å². The summed E-state index contributed by atoms with van der Waals surface area (Å²) in [6, 6.07) is 18.8. The van der Waals surface area contributed by atoms with Crippen molar-refractivity contribution in [2.24, 2.45) is 0 Å². The smallest absolute Gasteiger partial charge is 0.407 e. The molecule has 2 aromatic carbocycles. The fourth-order valence-corrected chi connectivity index (χ4v) is 4.92. The average molecular weight is 513 g/mol. The van der Waals surface area contributed by atoms with Crippen molar-refractivity contribution >= 4 is 39.8 Å². The maximum Gasteiger partial charge on any atom is 0.407 e. The van der Waals surface area contributed by atoms with Gasteiger partial charge in [-0.2, -0.15) is 11.8 Å². The summed E-state index contributed by atoms with van der Waals surface area (Å²) in [7, 11) is 0. The lowest BCUT2D eigenvalue weighted by Crippen LogP contribution is -2.43. The number of nitrogens with one attached hydrogen (secondary N) is 1. The molecule has 0 spiro atoms. The molecule has 2 N–H and O–H groups in total. The van der Waals surface area contributed by atoms with E-state index in [1.807, 2.05) is 48.5 Å². The topological polar surface area (TPSA) is 88.5 Å². The fourth-order valence-electron chi connectivity index (χ4n) is 3.73. The van der Waals surface area contributed by atoms with Gasteiger partial charge in [-0.15, -0.1) is 0 Å². The van der Waals surface area contributed by atoms with Crippen LogP contribution in [0.3, 0.4) is 0 Å². The Balaban J connectivity index is 1.33. The third kappa shape index (κ3) is 5.14. The maximum atomic E-state index is 12.4. The highest BCUT2D eigenvalue weighted by Gasteiger charge is 2.29. The molecule has 0 radical (unpaired) electrons. The van der Waals surface area contributed by atoms with Crippen LogP contribution in [0.5, 0.6) is 0 Å². The van der Waals surface area contributed by atoms with E-state index in [2.05, 4.69) is 38.4 Å². The van der Waals surface area contributed by atoms with Gasteiger partial charge >= 0.3 is 12.1 Å². The van der Waals surface area contributed by atoms with E-state index in [-0.39, 0.29) is 18.3 Å². The van der Waals surface area contributed by atoms with Crippen LogP contribution < -0.4 is 5.32 Å². The summed E-state index contributed by atoms with van der Waals surface area (Å²) < 4.78 is 6.34. The van der Waals surface area contributed by atoms with Crippen molar-refractivity contribution in [2.75, 3.05) is 12.4 Å². The van der Waals surface area contributed by atoms with Crippen LogP contribution in [0.1, 0.15) is 22.7 Å².